The SMILES string of the molecule is COC(=O)c1ccc(N2CCC(O)C2)nn1. The van der Waals surface area contributed by atoms with Gasteiger partial charge in [-0.15, -0.1) is 10.2 Å². The number of rotatable bonds is 2. The zero-order valence-electron chi connectivity index (χ0n) is 8.96. The van der Waals surface area contributed by atoms with Crippen molar-refractivity contribution < 1.29 is 14.6 Å². The molecule has 2 heterocycles. The number of hydrogen-bond acceptors (Lipinski definition) is 6. The van der Waals surface area contributed by atoms with Crippen molar-refractivity contribution in [3.8, 4) is 0 Å². The molecule has 1 aliphatic heterocycles. The first-order valence-electron chi connectivity index (χ1n) is 5.06. The van der Waals surface area contributed by atoms with Gasteiger partial charge in [-0.05, 0) is 18.6 Å². The number of hydrogen-bond donors (Lipinski definition) is 1. The topological polar surface area (TPSA) is 75.5 Å². The fourth-order valence-electron chi connectivity index (χ4n) is 1.66. The second-order valence-electron chi connectivity index (χ2n) is 3.66. The van der Waals surface area contributed by atoms with Gasteiger partial charge in [-0.25, -0.2) is 4.79 Å². The number of aromatic nitrogens is 2. The maximum atomic E-state index is 11.1. The average molecular weight is 223 g/mol. The third-order valence-electron chi connectivity index (χ3n) is 2.53. The molecule has 6 heteroatoms. The number of anilines is 1. The molecule has 1 aromatic heterocycles. The van der Waals surface area contributed by atoms with E-state index in [0.717, 1.165) is 13.0 Å². The smallest absolute Gasteiger partial charge is 0.358 e. The van der Waals surface area contributed by atoms with Gasteiger partial charge in [0.2, 0.25) is 0 Å². The molecule has 1 saturated heterocycles. The van der Waals surface area contributed by atoms with Crippen molar-refractivity contribution in [2.24, 2.45) is 0 Å². The van der Waals surface area contributed by atoms with E-state index in [2.05, 4.69) is 14.9 Å². The molecule has 1 aliphatic rings. The van der Waals surface area contributed by atoms with Crippen LogP contribution < -0.4 is 4.90 Å². The van der Waals surface area contributed by atoms with E-state index in [9.17, 15) is 9.90 Å². The van der Waals surface area contributed by atoms with E-state index in [1.807, 2.05) is 4.90 Å². The van der Waals surface area contributed by atoms with E-state index >= 15 is 0 Å². The molecular weight excluding hydrogens is 210 g/mol. The number of aliphatic hydroxyl groups is 1. The molecule has 0 aromatic carbocycles. The Kier molecular flexibility index (Phi) is 3.00. The molecule has 0 bridgehead atoms. The van der Waals surface area contributed by atoms with E-state index in [1.54, 1.807) is 12.1 Å². The van der Waals surface area contributed by atoms with Gasteiger partial charge in [-0.3, -0.25) is 0 Å². The standard InChI is InChI=1S/C10H13N3O3/c1-16-10(15)8-2-3-9(12-11-8)13-5-4-7(14)6-13/h2-3,7,14H,4-6H2,1H3. The van der Waals surface area contributed by atoms with Crippen LogP contribution in [0.3, 0.4) is 0 Å². The molecule has 1 atom stereocenters. The minimum absolute atomic E-state index is 0.186. The van der Waals surface area contributed by atoms with Crippen molar-refractivity contribution in [3.05, 3.63) is 17.8 Å². The average Bonchev–Trinajstić information content (AvgIpc) is 2.75. The first-order valence-corrected chi connectivity index (χ1v) is 5.06. The number of aliphatic hydroxyl groups excluding tert-OH is 1. The van der Waals surface area contributed by atoms with Crippen molar-refractivity contribution >= 4 is 11.8 Å². The van der Waals surface area contributed by atoms with E-state index in [1.165, 1.54) is 7.11 Å². The predicted molar refractivity (Wildman–Crippen MR) is 56.2 cm³/mol. The molecule has 16 heavy (non-hydrogen) atoms. The monoisotopic (exact) mass is 223 g/mol. The maximum absolute atomic E-state index is 11.1. The highest BCUT2D eigenvalue weighted by Crippen LogP contribution is 2.17. The number of methoxy groups -OCH3 is 1. The lowest BCUT2D eigenvalue weighted by Crippen LogP contribution is -2.22. The van der Waals surface area contributed by atoms with Gasteiger partial charge in [0.25, 0.3) is 0 Å². The lowest BCUT2D eigenvalue weighted by atomic mass is 10.3. The van der Waals surface area contributed by atoms with Crippen molar-refractivity contribution in [1.29, 1.82) is 0 Å². The van der Waals surface area contributed by atoms with Crippen molar-refractivity contribution in [3.63, 3.8) is 0 Å². The Hall–Kier alpha value is -1.69. The molecule has 2 rings (SSSR count). The van der Waals surface area contributed by atoms with Gasteiger partial charge in [0.15, 0.2) is 11.5 Å². The number of esters is 1. The molecule has 1 aromatic rings. The van der Waals surface area contributed by atoms with Gasteiger partial charge in [0, 0.05) is 13.1 Å². The zero-order chi connectivity index (χ0) is 11.5. The lowest BCUT2D eigenvalue weighted by molar-refractivity contribution is 0.0592. The highest BCUT2D eigenvalue weighted by atomic mass is 16.5. The summed E-state index contributed by atoms with van der Waals surface area (Å²) in [5.74, 6) is 0.171. The summed E-state index contributed by atoms with van der Waals surface area (Å²) in [6.07, 6.45) is 0.433. The van der Waals surface area contributed by atoms with Gasteiger partial charge >= 0.3 is 5.97 Å². The molecule has 1 N–H and O–H groups in total. The van der Waals surface area contributed by atoms with Crippen LogP contribution in [0, 0.1) is 0 Å². The molecular formula is C10H13N3O3. The van der Waals surface area contributed by atoms with Crippen LogP contribution in [-0.2, 0) is 4.74 Å². The van der Waals surface area contributed by atoms with Crippen LogP contribution in [0.2, 0.25) is 0 Å². The summed E-state index contributed by atoms with van der Waals surface area (Å²) in [6.45, 7) is 1.32. The zero-order valence-corrected chi connectivity index (χ0v) is 8.96. The maximum Gasteiger partial charge on any atom is 0.358 e. The Morgan fingerprint density at radius 1 is 1.56 bits per heavy atom. The van der Waals surface area contributed by atoms with Crippen LogP contribution in [0.15, 0.2) is 12.1 Å². The van der Waals surface area contributed by atoms with E-state index < -0.39 is 5.97 Å². The van der Waals surface area contributed by atoms with E-state index in [-0.39, 0.29) is 11.8 Å². The molecule has 86 valence electrons. The second kappa shape index (κ2) is 4.44. The van der Waals surface area contributed by atoms with E-state index in [0.29, 0.717) is 12.4 Å². The Bertz CT molecular complexity index is 379. The Labute approximate surface area is 92.9 Å². The summed E-state index contributed by atoms with van der Waals surface area (Å²) in [5, 5.41) is 17.1. The Balaban J connectivity index is 2.10. The molecule has 1 fully saturated rings. The predicted octanol–water partition coefficient (Wildman–Crippen LogP) is -0.166. The highest BCUT2D eigenvalue weighted by Gasteiger charge is 2.21. The molecule has 0 aliphatic carbocycles. The van der Waals surface area contributed by atoms with Gasteiger partial charge in [0.05, 0.1) is 13.2 Å². The number of nitrogens with zero attached hydrogens (tertiary/aromatic N) is 3. The molecule has 0 amide bonds. The van der Waals surface area contributed by atoms with Crippen LogP contribution in [-0.4, -0.2) is 47.6 Å². The third-order valence-corrected chi connectivity index (χ3v) is 2.53. The molecule has 6 nitrogen and oxygen atoms in total. The first kappa shape index (κ1) is 10.8. The first-order chi connectivity index (χ1) is 7.70. The number of carbonyl (C=O) groups is 1. The fraction of sp³-hybridized carbons (Fsp3) is 0.500. The van der Waals surface area contributed by atoms with Gasteiger partial charge in [-0.1, -0.05) is 0 Å². The van der Waals surface area contributed by atoms with Gasteiger partial charge in [0.1, 0.15) is 0 Å². The second-order valence-corrected chi connectivity index (χ2v) is 3.66. The summed E-state index contributed by atoms with van der Waals surface area (Å²) in [6, 6.07) is 3.27. The Morgan fingerprint density at radius 3 is 2.88 bits per heavy atom. The number of ether oxygens (including phenoxy) is 1. The van der Waals surface area contributed by atoms with Crippen LogP contribution in [0.5, 0.6) is 0 Å². The number of carbonyl (C=O) groups excluding carboxylic acids is 1. The van der Waals surface area contributed by atoms with Crippen LogP contribution in [0.4, 0.5) is 5.82 Å². The fourth-order valence-corrected chi connectivity index (χ4v) is 1.66. The third kappa shape index (κ3) is 2.11. The molecule has 0 spiro atoms. The number of β-amino-alcohol motifs (C(OH)–C–C–N with tert-alkyl or cyclic N) is 1. The quantitative estimate of drug-likeness (QED) is 0.702. The van der Waals surface area contributed by atoms with Crippen LogP contribution in [0.1, 0.15) is 16.9 Å². The van der Waals surface area contributed by atoms with Crippen molar-refractivity contribution in [1.82, 2.24) is 10.2 Å². The molecule has 1 unspecified atom stereocenters. The summed E-state index contributed by atoms with van der Waals surface area (Å²) in [7, 11) is 1.30. The van der Waals surface area contributed by atoms with Crippen molar-refractivity contribution in [2.45, 2.75) is 12.5 Å². The largest absolute Gasteiger partial charge is 0.464 e. The van der Waals surface area contributed by atoms with Crippen molar-refractivity contribution in [2.75, 3.05) is 25.1 Å². The summed E-state index contributed by atoms with van der Waals surface area (Å²) >= 11 is 0. The minimum atomic E-state index is -0.500. The summed E-state index contributed by atoms with van der Waals surface area (Å²) in [4.78, 5) is 13.0. The summed E-state index contributed by atoms with van der Waals surface area (Å²) in [5.41, 5.74) is 0.186. The highest BCUT2D eigenvalue weighted by molar-refractivity contribution is 5.86. The van der Waals surface area contributed by atoms with Crippen LogP contribution >= 0.6 is 0 Å². The lowest BCUT2D eigenvalue weighted by Gasteiger charge is -2.15. The summed E-state index contributed by atoms with van der Waals surface area (Å²) < 4.78 is 4.52. The van der Waals surface area contributed by atoms with Crippen LogP contribution in [0.25, 0.3) is 0 Å². The Morgan fingerprint density at radius 2 is 2.38 bits per heavy atom. The molecule has 0 saturated carbocycles. The van der Waals surface area contributed by atoms with E-state index in [4.69, 9.17) is 0 Å². The van der Waals surface area contributed by atoms with Gasteiger partial charge < -0.3 is 14.7 Å². The minimum Gasteiger partial charge on any atom is -0.464 e. The normalized spacial score (nSPS) is 19.9. The van der Waals surface area contributed by atoms with Gasteiger partial charge in [-0.2, -0.15) is 0 Å². The molecule has 0 radical (unpaired) electrons.